The Hall–Kier alpha value is -2.37. The van der Waals surface area contributed by atoms with Gasteiger partial charge in [-0.2, -0.15) is 15.1 Å². The van der Waals surface area contributed by atoms with Gasteiger partial charge in [-0.1, -0.05) is 0 Å². The number of hydrogen-bond acceptors (Lipinski definition) is 8. The molecule has 0 unspecified atom stereocenters. The Morgan fingerprint density at radius 2 is 1.83 bits per heavy atom. The summed E-state index contributed by atoms with van der Waals surface area (Å²) >= 11 is 0. The quantitative estimate of drug-likeness (QED) is 0.480. The van der Waals surface area contributed by atoms with Crippen molar-refractivity contribution in [3.05, 3.63) is 24.0 Å². The molecule has 0 atom stereocenters. The number of aromatic nitrogens is 4. The minimum Gasteiger partial charge on any atom is -0.395 e. The molecule has 1 fully saturated rings. The van der Waals surface area contributed by atoms with E-state index in [9.17, 15) is 24.1 Å². The molecule has 2 heterocycles. The maximum atomic E-state index is 13.4. The Morgan fingerprint density at radius 3 is 2.41 bits per heavy atom. The SMILES string of the molecule is OCCN(CCO)c1cc(NC2CCC(F)(F)CC2)nc(-n2ccc(CO)n2)n1. The van der Waals surface area contributed by atoms with Crippen molar-refractivity contribution >= 4 is 11.6 Å². The van der Waals surface area contributed by atoms with Gasteiger partial charge in [0.15, 0.2) is 0 Å². The lowest BCUT2D eigenvalue weighted by Crippen LogP contribution is -2.33. The van der Waals surface area contributed by atoms with E-state index in [1.807, 2.05) is 0 Å². The van der Waals surface area contributed by atoms with Crippen LogP contribution in [0.5, 0.6) is 0 Å². The molecule has 1 aliphatic rings. The maximum Gasteiger partial charge on any atom is 0.254 e. The van der Waals surface area contributed by atoms with Gasteiger partial charge >= 0.3 is 0 Å². The van der Waals surface area contributed by atoms with E-state index < -0.39 is 5.92 Å². The van der Waals surface area contributed by atoms with Crippen LogP contribution >= 0.6 is 0 Å². The lowest BCUT2D eigenvalue weighted by atomic mass is 9.92. The maximum absolute atomic E-state index is 13.4. The zero-order valence-corrected chi connectivity index (χ0v) is 16.0. The van der Waals surface area contributed by atoms with Crippen LogP contribution in [0.2, 0.25) is 0 Å². The Bertz CT molecular complexity index is 788. The summed E-state index contributed by atoms with van der Waals surface area (Å²) in [6.07, 6.45) is 1.92. The summed E-state index contributed by atoms with van der Waals surface area (Å²) in [4.78, 5) is 10.6. The van der Waals surface area contributed by atoms with Crippen LogP contribution in [0.3, 0.4) is 0 Å². The molecule has 3 rings (SSSR count). The number of hydrogen-bond donors (Lipinski definition) is 4. The summed E-state index contributed by atoms with van der Waals surface area (Å²) < 4.78 is 28.3. The average molecular weight is 412 g/mol. The highest BCUT2D eigenvalue weighted by Crippen LogP contribution is 2.34. The van der Waals surface area contributed by atoms with E-state index in [-0.39, 0.29) is 57.7 Å². The minimum absolute atomic E-state index is 0.129. The van der Waals surface area contributed by atoms with Crippen LogP contribution in [0.15, 0.2) is 18.3 Å². The summed E-state index contributed by atoms with van der Waals surface area (Å²) in [5, 5.41) is 35.3. The molecule has 0 radical (unpaired) electrons. The molecule has 0 amide bonds. The predicted octanol–water partition coefficient (Wildman–Crippen LogP) is 0.935. The zero-order valence-electron chi connectivity index (χ0n) is 16.0. The minimum atomic E-state index is -2.62. The van der Waals surface area contributed by atoms with Gasteiger partial charge < -0.3 is 25.5 Å². The number of alkyl halides is 2. The van der Waals surface area contributed by atoms with Crippen LogP contribution in [-0.2, 0) is 6.61 Å². The number of anilines is 2. The van der Waals surface area contributed by atoms with Gasteiger partial charge in [0.05, 0.1) is 25.5 Å². The van der Waals surface area contributed by atoms with Crippen molar-refractivity contribution in [1.82, 2.24) is 19.7 Å². The summed E-state index contributed by atoms with van der Waals surface area (Å²) in [5.74, 6) is -1.48. The third-order valence-corrected chi connectivity index (χ3v) is 4.84. The fraction of sp³-hybridized carbons (Fsp3) is 0.611. The van der Waals surface area contributed by atoms with E-state index in [2.05, 4.69) is 20.4 Å². The second-order valence-electron chi connectivity index (χ2n) is 7.03. The second-order valence-corrected chi connectivity index (χ2v) is 7.03. The van der Waals surface area contributed by atoms with Crippen LogP contribution < -0.4 is 10.2 Å². The molecular formula is C18H26F2N6O3. The fourth-order valence-corrected chi connectivity index (χ4v) is 3.29. The van der Waals surface area contributed by atoms with Crippen molar-refractivity contribution in [3.8, 4) is 5.95 Å². The Balaban J connectivity index is 1.89. The van der Waals surface area contributed by atoms with Crippen molar-refractivity contribution in [3.63, 3.8) is 0 Å². The number of aliphatic hydroxyl groups excluding tert-OH is 3. The van der Waals surface area contributed by atoms with Crippen LogP contribution in [0.1, 0.15) is 31.4 Å². The van der Waals surface area contributed by atoms with Gasteiger partial charge in [0.1, 0.15) is 11.6 Å². The largest absolute Gasteiger partial charge is 0.395 e. The van der Waals surface area contributed by atoms with Gasteiger partial charge in [-0.15, -0.1) is 0 Å². The normalized spacial score (nSPS) is 16.7. The highest BCUT2D eigenvalue weighted by Gasteiger charge is 2.35. The van der Waals surface area contributed by atoms with E-state index in [1.165, 1.54) is 4.68 Å². The molecule has 2 aromatic rings. The van der Waals surface area contributed by atoms with Crippen molar-refractivity contribution in [2.24, 2.45) is 0 Å². The topological polar surface area (TPSA) is 120 Å². The average Bonchev–Trinajstić information content (AvgIpc) is 3.19. The molecule has 11 heteroatoms. The molecule has 9 nitrogen and oxygen atoms in total. The molecule has 2 aromatic heterocycles. The van der Waals surface area contributed by atoms with Gasteiger partial charge in [-0.3, -0.25) is 0 Å². The second kappa shape index (κ2) is 9.42. The van der Waals surface area contributed by atoms with E-state index in [0.717, 1.165) is 0 Å². The lowest BCUT2D eigenvalue weighted by Gasteiger charge is -2.29. The zero-order chi connectivity index (χ0) is 20.9. The molecule has 0 saturated heterocycles. The number of nitrogens with one attached hydrogen (secondary N) is 1. The lowest BCUT2D eigenvalue weighted by molar-refractivity contribution is -0.0361. The van der Waals surface area contributed by atoms with E-state index in [0.29, 0.717) is 30.2 Å². The van der Waals surface area contributed by atoms with Crippen LogP contribution in [0.4, 0.5) is 20.4 Å². The van der Waals surface area contributed by atoms with Gasteiger partial charge in [-0.25, -0.2) is 13.5 Å². The third-order valence-electron chi connectivity index (χ3n) is 4.84. The highest BCUT2D eigenvalue weighted by atomic mass is 19.3. The van der Waals surface area contributed by atoms with Crippen molar-refractivity contribution in [2.45, 2.75) is 44.3 Å². The molecule has 1 aliphatic carbocycles. The summed E-state index contributed by atoms with van der Waals surface area (Å²) in [6.45, 7) is 0.0297. The number of halogens is 2. The molecule has 0 bridgehead atoms. The predicted molar refractivity (Wildman–Crippen MR) is 102 cm³/mol. The van der Waals surface area contributed by atoms with E-state index >= 15 is 0 Å². The van der Waals surface area contributed by atoms with Gasteiger partial charge in [0.25, 0.3) is 5.95 Å². The molecule has 0 aromatic carbocycles. The van der Waals surface area contributed by atoms with Gasteiger partial charge in [-0.05, 0) is 18.9 Å². The smallest absolute Gasteiger partial charge is 0.254 e. The van der Waals surface area contributed by atoms with Crippen molar-refractivity contribution in [2.75, 3.05) is 36.5 Å². The van der Waals surface area contributed by atoms with Gasteiger partial charge in [0.2, 0.25) is 5.92 Å². The first kappa shape index (κ1) is 21.3. The summed E-state index contributed by atoms with van der Waals surface area (Å²) in [6, 6.07) is 3.16. The molecule has 160 valence electrons. The van der Waals surface area contributed by atoms with Crippen LogP contribution in [-0.4, -0.2) is 73.3 Å². The molecule has 29 heavy (non-hydrogen) atoms. The van der Waals surface area contributed by atoms with Crippen molar-refractivity contribution in [1.29, 1.82) is 0 Å². The number of aliphatic hydroxyl groups is 3. The molecule has 0 spiro atoms. The Kier molecular flexibility index (Phi) is 6.93. The Morgan fingerprint density at radius 1 is 1.14 bits per heavy atom. The molecule has 0 aliphatic heterocycles. The van der Waals surface area contributed by atoms with E-state index in [1.54, 1.807) is 23.2 Å². The molecule has 4 N–H and O–H groups in total. The first-order valence-corrected chi connectivity index (χ1v) is 9.60. The monoisotopic (exact) mass is 412 g/mol. The standard InChI is InChI=1S/C18H26F2N6O3/c19-18(20)4-1-13(2-5-18)21-15-11-16(25(7-9-27)8-10-28)23-17(22-15)26-6-3-14(12-29)24-26/h3,6,11,13,27-29H,1-2,4-5,7-10,12H2,(H,21,22,23). The van der Waals surface area contributed by atoms with Crippen LogP contribution in [0, 0.1) is 0 Å². The third kappa shape index (κ3) is 5.58. The first-order valence-electron chi connectivity index (χ1n) is 9.60. The van der Waals surface area contributed by atoms with E-state index in [4.69, 9.17) is 0 Å². The first-order chi connectivity index (χ1) is 13.9. The number of rotatable bonds is 9. The molecule has 1 saturated carbocycles. The Labute approximate surface area is 167 Å². The molecular weight excluding hydrogens is 386 g/mol. The van der Waals surface area contributed by atoms with Gasteiger partial charge in [0, 0.05) is 44.2 Å². The van der Waals surface area contributed by atoms with Crippen molar-refractivity contribution < 1.29 is 24.1 Å². The highest BCUT2D eigenvalue weighted by molar-refractivity contribution is 5.52. The number of nitrogens with zero attached hydrogens (tertiary/aromatic N) is 5. The summed E-state index contributed by atoms with van der Waals surface area (Å²) in [7, 11) is 0. The summed E-state index contributed by atoms with van der Waals surface area (Å²) in [5.41, 5.74) is 0.450. The fourth-order valence-electron chi connectivity index (χ4n) is 3.29. The van der Waals surface area contributed by atoms with Crippen LogP contribution in [0.25, 0.3) is 5.95 Å².